The van der Waals surface area contributed by atoms with Gasteiger partial charge in [-0.25, -0.2) is 0 Å². The highest BCUT2D eigenvalue weighted by atomic mass is 127. The van der Waals surface area contributed by atoms with Crippen molar-refractivity contribution >= 4 is 34.3 Å². The molecule has 0 aromatic carbocycles. The van der Waals surface area contributed by atoms with Gasteiger partial charge in [-0.1, -0.05) is 45.4 Å². The van der Waals surface area contributed by atoms with Gasteiger partial charge in [0.15, 0.2) is 5.78 Å². The lowest BCUT2D eigenvalue weighted by Crippen LogP contribution is -2.25. The van der Waals surface area contributed by atoms with Crippen molar-refractivity contribution in [2.75, 3.05) is 6.61 Å². The van der Waals surface area contributed by atoms with Gasteiger partial charge in [0, 0.05) is 16.6 Å². The molecule has 5 heteroatoms. The lowest BCUT2D eigenvalue weighted by atomic mass is 9.95. The zero-order valence-electron chi connectivity index (χ0n) is 16.6. The number of ketones is 1. The quantitative estimate of drug-likeness (QED) is 0.181. The Bertz CT molecular complexity index is 459. The fourth-order valence-electron chi connectivity index (χ4n) is 3.20. The first-order chi connectivity index (χ1) is 12.5. The van der Waals surface area contributed by atoms with Gasteiger partial charge in [0.2, 0.25) is 0 Å². The van der Waals surface area contributed by atoms with Gasteiger partial charge in [0.25, 0.3) is 0 Å². The van der Waals surface area contributed by atoms with Crippen molar-refractivity contribution < 1.29 is 19.1 Å². The Kier molecular flexibility index (Phi) is 12.4. The van der Waals surface area contributed by atoms with Crippen molar-refractivity contribution in [1.29, 1.82) is 0 Å². The molecule has 150 valence electrons. The first-order valence-electron chi connectivity index (χ1n) is 10.2. The summed E-state index contributed by atoms with van der Waals surface area (Å²) in [4.78, 5) is 23.7. The number of unbranched alkanes of at least 4 members (excludes halogenated alkanes) is 6. The molecule has 0 unspecified atom stereocenters. The third-order valence-corrected chi connectivity index (χ3v) is 5.52. The highest BCUT2D eigenvalue weighted by Gasteiger charge is 2.35. The van der Waals surface area contributed by atoms with Gasteiger partial charge in [0.1, 0.15) is 0 Å². The molecule has 0 N–H and O–H groups in total. The van der Waals surface area contributed by atoms with Crippen molar-refractivity contribution in [3.05, 3.63) is 9.66 Å². The SMILES string of the molecule is CCCCCCC[C@H]1C(=O)C=C(I)[C@@H]1OCCCCCC(=O)OC(C)C. The number of carbonyl (C=O) groups excluding carboxylic acids is 2. The number of hydrogen-bond acceptors (Lipinski definition) is 4. The summed E-state index contributed by atoms with van der Waals surface area (Å²) in [5.74, 6) is 0.110. The molecule has 0 bridgehead atoms. The lowest BCUT2D eigenvalue weighted by molar-refractivity contribution is -0.147. The predicted molar refractivity (Wildman–Crippen MR) is 113 cm³/mol. The van der Waals surface area contributed by atoms with E-state index in [1.807, 2.05) is 13.8 Å². The average Bonchev–Trinajstić information content (AvgIpc) is 2.83. The van der Waals surface area contributed by atoms with Crippen LogP contribution in [-0.2, 0) is 19.1 Å². The zero-order valence-corrected chi connectivity index (χ0v) is 18.8. The molecular weight excluding hydrogens is 443 g/mol. The summed E-state index contributed by atoms with van der Waals surface area (Å²) in [5, 5.41) is 0. The maximum atomic E-state index is 12.2. The molecule has 0 saturated carbocycles. The van der Waals surface area contributed by atoms with E-state index in [0.717, 1.165) is 35.7 Å². The molecule has 1 aliphatic rings. The normalized spacial score (nSPS) is 19.9. The first kappa shape index (κ1) is 23.6. The second kappa shape index (κ2) is 13.7. The molecule has 0 fully saturated rings. The van der Waals surface area contributed by atoms with Crippen molar-refractivity contribution in [3.63, 3.8) is 0 Å². The topological polar surface area (TPSA) is 52.6 Å². The van der Waals surface area contributed by atoms with Crippen LogP contribution in [0.2, 0.25) is 0 Å². The molecule has 1 rings (SSSR count). The Balaban J connectivity index is 2.21. The van der Waals surface area contributed by atoms with E-state index in [0.29, 0.717) is 13.0 Å². The van der Waals surface area contributed by atoms with Crippen LogP contribution in [0, 0.1) is 5.92 Å². The smallest absolute Gasteiger partial charge is 0.306 e. The van der Waals surface area contributed by atoms with E-state index in [1.165, 1.54) is 25.7 Å². The lowest BCUT2D eigenvalue weighted by Gasteiger charge is -2.20. The molecular formula is C21H35IO4. The van der Waals surface area contributed by atoms with E-state index >= 15 is 0 Å². The minimum atomic E-state index is -0.122. The first-order valence-corrected chi connectivity index (χ1v) is 11.3. The summed E-state index contributed by atoms with van der Waals surface area (Å²) in [7, 11) is 0. The van der Waals surface area contributed by atoms with Crippen molar-refractivity contribution in [3.8, 4) is 0 Å². The van der Waals surface area contributed by atoms with Crippen LogP contribution < -0.4 is 0 Å². The molecule has 0 saturated heterocycles. The number of hydrogen-bond donors (Lipinski definition) is 0. The van der Waals surface area contributed by atoms with E-state index in [9.17, 15) is 9.59 Å². The van der Waals surface area contributed by atoms with Crippen LogP contribution >= 0.6 is 22.6 Å². The largest absolute Gasteiger partial charge is 0.463 e. The van der Waals surface area contributed by atoms with Crippen molar-refractivity contribution in [2.24, 2.45) is 5.92 Å². The molecule has 0 radical (unpaired) electrons. The van der Waals surface area contributed by atoms with Crippen LogP contribution in [0.4, 0.5) is 0 Å². The van der Waals surface area contributed by atoms with Crippen molar-refractivity contribution in [2.45, 2.75) is 97.2 Å². The van der Waals surface area contributed by atoms with Crippen LogP contribution in [0.1, 0.15) is 85.0 Å². The fraction of sp³-hybridized carbons (Fsp3) is 0.810. The maximum absolute atomic E-state index is 12.2. The van der Waals surface area contributed by atoms with E-state index in [4.69, 9.17) is 9.47 Å². The standard InChI is InChI=1S/C21H35IO4/c1-4-5-6-7-9-12-17-19(23)15-18(22)21(17)25-14-11-8-10-13-20(24)26-16(2)3/h15-17,21H,4-14H2,1-3H3/t17-,21+/m0/s1. The maximum Gasteiger partial charge on any atom is 0.306 e. The molecule has 2 atom stereocenters. The highest BCUT2D eigenvalue weighted by Crippen LogP contribution is 2.33. The number of allylic oxidation sites excluding steroid dienone is 1. The Morgan fingerprint density at radius 3 is 2.50 bits per heavy atom. The average molecular weight is 478 g/mol. The summed E-state index contributed by atoms with van der Waals surface area (Å²) in [6.45, 7) is 6.59. The number of esters is 1. The molecule has 0 heterocycles. The van der Waals surface area contributed by atoms with Crippen LogP contribution in [0.15, 0.2) is 9.66 Å². The predicted octanol–water partition coefficient (Wildman–Crippen LogP) is 5.76. The summed E-state index contributed by atoms with van der Waals surface area (Å²) >= 11 is 2.24. The Morgan fingerprint density at radius 1 is 1.12 bits per heavy atom. The second-order valence-corrected chi connectivity index (χ2v) is 8.63. The minimum Gasteiger partial charge on any atom is -0.463 e. The van der Waals surface area contributed by atoms with Gasteiger partial charge in [-0.05, 0) is 61.8 Å². The third kappa shape index (κ3) is 9.49. The van der Waals surface area contributed by atoms with E-state index in [-0.39, 0.29) is 29.9 Å². The monoisotopic (exact) mass is 478 g/mol. The van der Waals surface area contributed by atoms with Gasteiger partial charge in [-0.15, -0.1) is 0 Å². The molecule has 0 spiro atoms. The molecule has 0 aromatic heterocycles. The Labute approximate surface area is 172 Å². The molecule has 0 aromatic rings. The van der Waals surface area contributed by atoms with Crippen molar-refractivity contribution in [1.82, 2.24) is 0 Å². The summed E-state index contributed by atoms with van der Waals surface area (Å²) < 4.78 is 12.2. The Hall–Kier alpha value is -0.430. The molecule has 1 aliphatic carbocycles. The number of halogens is 1. The van der Waals surface area contributed by atoms with Gasteiger partial charge in [0.05, 0.1) is 18.1 Å². The van der Waals surface area contributed by atoms with Gasteiger partial charge >= 0.3 is 5.97 Å². The van der Waals surface area contributed by atoms with Gasteiger partial charge < -0.3 is 9.47 Å². The Morgan fingerprint density at radius 2 is 1.81 bits per heavy atom. The molecule has 26 heavy (non-hydrogen) atoms. The second-order valence-electron chi connectivity index (χ2n) is 7.38. The number of carbonyl (C=O) groups is 2. The van der Waals surface area contributed by atoms with E-state index < -0.39 is 0 Å². The summed E-state index contributed by atoms with van der Waals surface area (Å²) in [6.07, 6.45) is 11.8. The van der Waals surface area contributed by atoms with Crippen LogP contribution in [0.25, 0.3) is 0 Å². The third-order valence-electron chi connectivity index (χ3n) is 4.59. The van der Waals surface area contributed by atoms with Crippen LogP contribution in [0.5, 0.6) is 0 Å². The highest BCUT2D eigenvalue weighted by molar-refractivity contribution is 14.1. The van der Waals surface area contributed by atoms with Gasteiger partial charge in [-0.3, -0.25) is 9.59 Å². The number of ether oxygens (including phenoxy) is 2. The molecule has 0 amide bonds. The van der Waals surface area contributed by atoms with Gasteiger partial charge in [-0.2, -0.15) is 0 Å². The number of rotatable bonds is 14. The van der Waals surface area contributed by atoms with E-state index in [2.05, 4.69) is 29.5 Å². The zero-order chi connectivity index (χ0) is 19.4. The summed E-state index contributed by atoms with van der Waals surface area (Å²) in [5.41, 5.74) is 0. The molecule has 0 aliphatic heterocycles. The minimum absolute atomic E-state index is 0.00421. The fourth-order valence-corrected chi connectivity index (χ4v) is 4.12. The summed E-state index contributed by atoms with van der Waals surface area (Å²) in [6, 6.07) is 0. The van der Waals surface area contributed by atoms with E-state index in [1.54, 1.807) is 6.08 Å². The van der Waals surface area contributed by atoms with Crippen LogP contribution in [0.3, 0.4) is 0 Å². The van der Waals surface area contributed by atoms with Crippen LogP contribution in [-0.4, -0.2) is 30.6 Å². The molecule has 4 nitrogen and oxygen atoms in total.